The molecule has 0 aromatic heterocycles. The Morgan fingerprint density at radius 1 is 1.17 bits per heavy atom. The Bertz CT molecular complexity index is 646. The van der Waals surface area contributed by atoms with E-state index in [9.17, 15) is 0 Å². The van der Waals surface area contributed by atoms with Gasteiger partial charge in [-0.15, -0.1) is 0 Å². The molecule has 0 saturated carbocycles. The predicted molar refractivity (Wildman–Crippen MR) is 92.3 cm³/mol. The summed E-state index contributed by atoms with van der Waals surface area (Å²) in [5, 5.41) is 12.4. The molecule has 23 heavy (non-hydrogen) atoms. The highest BCUT2D eigenvalue weighted by Crippen LogP contribution is 2.37. The van der Waals surface area contributed by atoms with E-state index in [1.165, 1.54) is 5.56 Å². The third-order valence-corrected chi connectivity index (χ3v) is 3.65. The number of rotatable bonds is 8. The van der Waals surface area contributed by atoms with Gasteiger partial charge in [-0.3, -0.25) is 0 Å². The fourth-order valence-corrected chi connectivity index (χ4v) is 2.57. The lowest BCUT2D eigenvalue weighted by molar-refractivity contribution is 0.284. The first kappa shape index (κ1) is 17.6. The first-order chi connectivity index (χ1) is 11.1. The lowest BCUT2D eigenvalue weighted by Crippen LogP contribution is -2.17. The van der Waals surface area contributed by atoms with Crippen LogP contribution < -0.4 is 14.8 Å². The molecule has 0 unspecified atom stereocenters. The van der Waals surface area contributed by atoms with Gasteiger partial charge >= 0.3 is 0 Å². The molecule has 2 rings (SSSR count). The van der Waals surface area contributed by atoms with Crippen molar-refractivity contribution in [3.63, 3.8) is 0 Å². The number of aliphatic hydroxyl groups excluding tert-OH is 1. The molecule has 0 saturated heterocycles. The number of aryl methyl sites for hydroxylation is 1. The van der Waals surface area contributed by atoms with Gasteiger partial charge in [-0.05, 0) is 30.2 Å². The maximum absolute atomic E-state index is 8.81. The van der Waals surface area contributed by atoms with Gasteiger partial charge < -0.3 is 19.9 Å². The molecule has 0 bridgehead atoms. The molecule has 2 aromatic carbocycles. The van der Waals surface area contributed by atoms with E-state index in [0.29, 0.717) is 36.2 Å². The molecule has 0 spiro atoms. The summed E-state index contributed by atoms with van der Waals surface area (Å²) in [6, 6.07) is 11.9. The molecule has 4 nitrogen and oxygen atoms in total. The van der Waals surface area contributed by atoms with E-state index >= 15 is 0 Å². The van der Waals surface area contributed by atoms with E-state index in [4.69, 9.17) is 26.2 Å². The zero-order valence-electron chi connectivity index (χ0n) is 13.4. The summed E-state index contributed by atoms with van der Waals surface area (Å²) >= 11 is 6.34. The summed E-state index contributed by atoms with van der Waals surface area (Å²) in [5.74, 6) is 1.15. The number of aliphatic hydroxyl groups is 1. The van der Waals surface area contributed by atoms with Gasteiger partial charge in [-0.2, -0.15) is 0 Å². The Kier molecular flexibility index (Phi) is 6.71. The number of benzene rings is 2. The van der Waals surface area contributed by atoms with Gasteiger partial charge in [-0.1, -0.05) is 41.4 Å². The molecule has 0 atom stereocenters. The summed E-state index contributed by atoms with van der Waals surface area (Å²) in [4.78, 5) is 0. The van der Waals surface area contributed by atoms with Gasteiger partial charge in [0.1, 0.15) is 6.61 Å². The van der Waals surface area contributed by atoms with Crippen LogP contribution in [-0.4, -0.2) is 25.4 Å². The number of ether oxygens (including phenoxy) is 2. The molecule has 0 aliphatic heterocycles. The third-order valence-electron chi connectivity index (χ3n) is 3.37. The Morgan fingerprint density at radius 3 is 2.70 bits per heavy atom. The Hall–Kier alpha value is -1.75. The average molecular weight is 336 g/mol. The summed E-state index contributed by atoms with van der Waals surface area (Å²) in [6.07, 6.45) is 0. The molecule has 0 fully saturated rings. The summed E-state index contributed by atoms with van der Waals surface area (Å²) in [5.41, 5.74) is 3.24. The molecule has 0 heterocycles. The van der Waals surface area contributed by atoms with Crippen LogP contribution in [0.3, 0.4) is 0 Å². The van der Waals surface area contributed by atoms with Crippen LogP contribution in [0.1, 0.15) is 16.7 Å². The van der Waals surface area contributed by atoms with Gasteiger partial charge in [0.25, 0.3) is 0 Å². The van der Waals surface area contributed by atoms with Gasteiger partial charge in [0.2, 0.25) is 0 Å². The standard InChI is InChI=1S/C18H22ClNO3/c1-13-4-3-5-14(8-13)12-23-18-16(19)9-15(10-17(18)22-2)11-20-6-7-21/h3-5,8-10,20-21H,6-7,11-12H2,1-2H3. The van der Waals surface area contributed by atoms with Crippen molar-refractivity contribution in [3.05, 3.63) is 58.1 Å². The van der Waals surface area contributed by atoms with Crippen molar-refractivity contribution in [3.8, 4) is 11.5 Å². The van der Waals surface area contributed by atoms with Crippen LogP contribution in [0.5, 0.6) is 11.5 Å². The minimum atomic E-state index is 0.0998. The van der Waals surface area contributed by atoms with Crippen LogP contribution in [0.4, 0.5) is 0 Å². The van der Waals surface area contributed by atoms with Crippen LogP contribution in [0.15, 0.2) is 36.4 Å². The summed E-state index contributed by atoms with van der Waals surface area (Å²) < 4.78 is 11.3. The number of hydrogen-bond acceptors (Lipinski definition) is 4. The monoisotopic (exact) mass is 335 g/mol. The second-order valence-corrected chi connectivity index (χ2v) is 5.69. The number of methoxy groups -OCH3 is 1. The molecular formula is C18H22ClNO3. The Morgan fingerprint density at radius 2 is 2.00 bits per heavy atom. The maximum atomic E-state index is 8.81. The second-order valence-electron chi connectivity index (χ2n) is 5.29. The fourth-order valence-electron chi connectivity index (χ4n) is 2.28. The number of nitrogens with one attached hydrogen (secondary N) is 1. The number of hydrogen-bond donors (Lipinski definition) is 2. The average Bonchev–Trinajstić information content (AvgIpc) is 2.53. The molecule has 2 N–H and O–H groups in total. The fraction of sp³-hybridized carbons (Fsp3) is 0.333. The topological polar surface area (TPSA) is 50.7 Å². The number of halogens is 1. The van der Waals surface area contributed by atoms with Gasteiger partial charge in [-0.25, -0.2) is 0 Å². The predicted octanol–water partition coefficient (Wildman–Crippen LogP) is 3.32. The normalized spacial score (nSPS) is 10.6. The quantitative estimate of drug-likeness (QED) is 0.727. The van der Waals surface area contributed by atoms with Crippen LogP contribution in [0, 0.1) is 6.92 Å². The van der Waals surface area contributed by atoms with Gasteiger partial charge in [0.05, 0.1) is 18.7 Å². The second kappa shape index (κ2) is 8.77. The Labute approximate surface area is 142 Å². The zero-order chi connectivity index (χ0) is 16.7. The maximum Gasteiger partial charge on any atom is 0.180 e. The van der Waals surface area contributed by atoms with Crippen LogP contribution in [-0.2, 0) is 13.2 Å². The van der Waals surface area contributed by atoms with Crippen molar-refractivity contribution >= 4 is 11.6 Å². The molecular weight excluding hydrogens is 314 g/mol. The minimum absolute atomic E-state index is 0.0998. The van der Waals surface area contributed by atoms with Crippen molar-refractivity contribution in [2.75, 3.05) is 20.3 Å². The molecule has 0 amide bonds. The van der Waals surface area contributed by atoms with E-state index < -0.39 is 0 Å². The van der Waals surface area contributed by atoms with E-state index in [1.54, 1.807) is 7.11 Å². The van der Waals surface area contributed by atoms with Crippen LogP contribution in [0.2, 0.25) is 5.02 Å². The zero-order valence-corrected chi connectivity index (χ0v) is 14.2. The third kappa shape index (κ3) is 5.13. The summed E-state index contributed by atoms with van der Waals surface area (Å²) in [6.45, 7) is 3.72. The minimum Gasteiger partial charge on any atom is -0.493 e. The highest BCUT2D eigenvalue weighted by Gasteiger charge is 2.12. The lowest BCUT2D eigenvalue weighted by atomic mass is 10.1. The molecule has 124 valence electrons. The first-order valence-electron chi connectivity index (χ1n) is 7.50. The highest BCUT2D eigenvalue weighted by molar-refractivity contribution is 6.32. The Balaban J connectivity index is 2.11. The summed E-state index contributed by atoms with van der Waals surface area (Å²) in [7, 11) is 1.59. The van der Waals surface area contributed by atoms with Crippen molar-refractivity contribution in [1.82, 2.24) is 5.32 Å². The van der Waals surface area contributed by atoms with Crippen molar-refractivity contribution in [1.29, 1.82) is 0 Å². The van der Waals surface area contributed by atoms with Crippen molar-refractivity contribution < 1.29 is 14.6 Å². The molecule has 0 radical (unpaired) electrons. The molecule has 0 aliphatic carbocycles. The van der Waals surface area contributed by atoms with Gasteiger partial charge in [0.15, 0.2) is 11.5 Å². The SMILES string of the molecule is COc1cc(CNCCO)cc(Cl)c1OCc1cccc(C)c1. The van der Waals surface area contributed by atoms with E-state index in [1.807, 2.05) is 37.3 Å². The van der Waals surface area contributed by atoms with Crippen molar-refractivity contribution in [2.24, 2.45) is 0 Å². The van der Waals surface area contributed by atoms with Gasteiger partial charge in [0, 0.05) is 13.1 Å². The molecule has 5 heteroatoms. The van der Waals surface area contributed by atoms with E-state index in [-0.39, 0.29) is 6.61 Å². The highest BCUT2D eigenvalue weighted by atomic mass is 35.5. The largest absolute Gasteiger partial charge is 0.493 e. The van der Waals surface area contributed by atoms with Crippen molar-refractivity contribution in [2.45, 2.75) is 20.1 Å². The van der Waals surface area contributed by atoms with E-state index in [0.717, 1.165) is 11.1 Å². The van der Waals surface area contributed by atoms with E-state index in [2.05, 4.69) is 11.4 Å². The lowest BCUT2D eigenvalue weighted by Gasteiger charge is -2.15. The smallest absolute Gasteiger partial charge is 0.180 e. The van der Waals surface area contributed by atoms with Crippen LogP contribution >= 0.6 is 11.6 Å². The molecule has 0 aliphatic rings. The first-order valence-corrected chi connectivity index (χ1v) is 7.88. The van der Waals surface area contributed by atoms with Crippen LogP contribution in [0.25, 0.3) is 0 Å². The molecule has 2 aromatic rings.